The number of carboxylic acid groups (broad SMARTS) is 2. The van der Waals surface area contributed by atoms with Crippen LogP contribution < -0.4 is 54.4 Å². The molecule has 0 aliphatic carbocycles. The molecule has 0 bridgehead atoms. The molecule has 1 rings (SSSR count). The standard InChI is InChI=1S/C42H73N11O14/c1-8-21(4)32(52-40(64)33-22(5)16-18-53(33)41(65)31(20(2)3)51-34(58)23(6)44)39(63)46-24(7)35(59)47-26(12-14-29(45)55)37(61)48-25(11-9-10-17-43)36(60)50-28(19-54)38(62)49-27(42(66)67)13-15-30(56)57/h20-28,31-33,54H,8-19,43-44H2,1-7H3,(H2,45,55)(H,46,63)(H,47,59)(H,48,61)(H,49,62)(H,50,60)(H,51,58)(H,52,64)(H,56,57)(H,66,67)/t21-,22-,23-,24-,25-,26-,27-,28-,31-,32-,33-/m0/s1. The summed E-state index contributed by atoms with van der Waals surface area (Å²) >= 11 is 0. The van der Waals surface area contributed by atoms with Gasteiger partial charge in [0.1, 0.15) is 48.3 Å². The second-order valence-electron chi connectivity index (χ2n) is 17.4. The Kier molecular flexibility index (Phi) is 25.5. The number of carbonyl (C=O) groups is 11. The first kappa shape index (κ1) is 59.1. The molecular formula is C42H73N11O14. The van der Waals surface area contributed by atoms with Crippen LogP contribution in [0.4, 0.5) is 0 Å². The largest absolute Gasteiger partial charge is 0.481 e. The molecule has 0 aromatic heterocycles. The third-order valence-electron chi connectivity index (χ3n) is 11.4. The van der Waals surface area contributed by atoms with Crippen LogP contribution in [0.25, 0.3) is 0 Å². The Morgan fingerprint density at radius 3 is 1.70 bits per heavy atom. The van der Waals surface area contributed by atoms with Crippen molar-refractivity contribution in [3.8, 4) is 0 Å². The average Bonchev–Trinajstić information content (AvgIpc) is 3.65. The molecule has 0 saturated carbocycles. The fourth-order valence-electron chi connectivity index (χ4n) is 7.03. The number of aliphatic carboxylic acids is 2. The van der Waals surface area contributed by atoms with E-state index in [0.29, 0.717) is 19.3 Å². The Hall–Kier alpha value is -5.95. The molecule has 0 radical (unpaired) electrons. The summed E-state index contributed by atoms with van der Waals surface area (Å²) in [7, 11) is 0. The molecule has 25 heteroatoms. The van der Waals surface area contributed by atoms with E-state index in [-0.39, 0.29) is 44.2 Å². The van der Waals surface area contributed by atoms with Crippen LogP contribution in [0.3, 0.4) is 0 Å². The van der Waals surface area contributed by atoms with Gasteiger partial charge >= 0.3 is 11.9 Å². The van der Waals surface area contributed by atoms with E-state index in [1.807, 2.05) is 0 Å². The molecule has 0 aromatic rings. The molecular weight excluding hydrogens is 883 g/mol. The zero-order valence-corrected chi connectivity index (χ0v) is 39.4. The molecule has 1 heterocycles. The van der Waals surface area contributed by atoms with Crippen LogP contribution >= 0.6 is 0 Å². The number of nitrogens with two attached hydrogens (primary N) is 3. The predicted octanol–water partition coefficient (Wildman–Crippen LogP) is -3.98. The topological polar surface area (TPSA) is 414 Å². The van der Waals surface area contributed by atoms with Crippen molar-refractivity contribution in [1.29, 1.82) is 0 Å². The van der Waals surface area contributed by atoms with Gasteiger partial charge in [0.2, 0.25) is 53.2 Å². The Morgan fingerprint density at radius 1 is 0.657 bits per heavy atom. The van der Waals surface area contributed by atoms with Gasteiger partial charge < -0.3 is 74.6 Å². The van der Waals surface area contributed by atoms with Crippen LogP contribution in [0.1, 0.15) is 106 Å². The van der Waals surface area contributed by atoms with Crippen molar-refractivity contribution in [2.45, 2.75) is 161 Å². The van der Waals surface area contributed by atoms with Crippen molar-refractivity contribution in [1.82, 2.24) is 42.1 Å². The van der Waals surface area contributed by atoms with Gasteiger partial charge in [0.25, 0.3) is 0 Å². The fourth-order valence-corrected chi connectivity index (χ4v) is 7.03. The lowest BCUT2D eigenvalue weighted by molar-refractivity contribution is -0.144. The van der Waals surface area contributed by atoms with E-state index >= 15 is 0 Å². The Labute approximate surface area is 389 Å². The van der Waals surface area contributed by atoms with E-state index in [1.165, 1.54) is 18.7 Å². The number of aliphatic hydroxyl groups is 1. The van der Waals surface area contributed by atoms with E-state index < -0.39 is 151 Å². The number of nitrogens with zero attached hydrogens (tertiary/aromatic N) is 1. The molecule has 67 heavy (non-hydrogen) atoms. The predicted molar refractivity (Wildman–Crippen MR) is 239 cm³/mol. The van der Waals surface area contributed by atoms with Crippen molar-refractivity contribution in [2.24, 2.45) is 35.0 Å². The van der Waals surface area contributed by atoms with Gasteiger partial charge in [-0.25, -0.2) is 4.79 Å². The number of rotatable bonds is 30. The first-order chi connectivity index (χ1) is 31.3. The molecule has 16 N–H and O–H groups in total. The van der Waals surface area contributed by atoms with Gasteiger partial charge in [-0.15, -0.1) is 0 Å². The fraction of sp³-hybridized carbons (Fsp3) is 0.738. The third kappa shape index (κ3) is 19.4. The van der Waals surface area contributed by atoms with Gasteiger partial charge in [-0.1, -0.05) is 41.0 Å². The number of hydrogen-bond donors (Lipinski definition) is 13. The zero-order chi connectivity index (χ0) is 51.3. The molecule has 11 atom stereocenters. The molecule has 0 spiro atoms. The second kappa shape index (κ2) is 28.9. The normalized spacial score (nSPS) is 18.6. The van der Waals surface area contributed by atoms with E-state index in [1.54, 1.807) is 34.6 Å². The van der Waals surface area contributed by atoms with Gasteiger partial charge in [0.15, 0.2) is 0 Å². The Morgan fingerprint density at radius 2 is 1.19 bits per heavy atom. The van der Waals surface area contributed by atoms with Crippen molar-refractivity contribution < 1.29 is 68.1 Å². The van der Waals surface area contributed by atoms with E-state index in [2.05, 4.69) is 37.2 Å². The van der Waals surface area contributed by atoms with E-state index in [9.17, 15) is 63.0 Å². The highest BCUT2D eigenvalue weighted by Gasteiger charge is 2.44. The SMILES string of the molecule is CC[C@H](C)[C@H](NC(=O)[C@@H]1[C@@H](C)CCN1C(=O)[C@@H](NC(=O)[C@H](C)N)C(C)C)C(=O)N[C@@H](C)C(=O)N[C@@H](CCC(N)=O)C(=O)N[C@@H](CCCCN)C(=O)N[C@@H](CO)C(=O)N[C@@H](CCC(=O)O)C(=O)O. The van der Waals surface area contributed by atoms with Gasteiger partial charge in [0, 0.05) is 19.4 Å². The van der Waals surface area contributed by atoms with Gasteiger partial charge in [-0.3, -0.25) is 47.9 Å². The molecule has 1 fully saturated rings. The van der Waals surface area contributed by atoms with E-state index in [4.69, 9.17) is 22.3 Å². The van der Waals surface area contributed by atoms with Crippen LogP contribution in [-0.4, -0.2) is 159 Å². The maximum absolute atomic E-state index is 14.0. The lowest BCUT2D eigenvalue weighted by atomic mass is 9.95. The molecule has 1 aliphatic rings. The highest BCUT2D eigenvalue weighted by Crippen LogP contribution is 2.26. The number of likely N-dealkylation sites (tertiary alicyclic amines) is 1. The van der Waals surface area contributed by atoms with Gasteiger partial charge in [-0.05, 0) is 76.7 Å². The first-order valence-electron chi connectivity index (χ1n) is 22.5. The van der Waals surface area contributed by atoms with Crippen molar-refractivity contribution in [3.63, 3.8) is 0 Å². The molecule has 25 nitrogen and oxygen atoms in total. The number of hydrogen-bond acceptors (Lipinski definition) is 14. The monoisotopic (exact) mass is 956 g/mol. The minimum atomic E-state index is -1.74. The number of primary amides is 1. The highest BCUT2D eigenvalue weighted by molar-refractivity contribution is 5.98. The lowest BCUT2D eigenvalue weighted by Crippen LogP contribution is -2.61. The summed E-state index contributed by atoms with van der Waals surface area (Å²) in [6.45, 7) is 10.9. The number of unbranched alkanes of at least 4 members (excludes halogenated alkanes) is 1. The molecule has 380 valence electrons. The summed E-state index contributed by atoms with van der Waals surface area (Å²) in [5.74, 6) is -11.4. The molecule has 1 saturated heterocycles. The number of nitrogens with one attached hydrogen (secondary N) is 7. The van der Waals surface area contributed by atoms with Gasteiger partial charge in [-0.2, -0.15) is 0 Å². The number of carbonyl (C=O) groups excluding carboxylic acids is 9. The van der Waals surface area contributed by atoms with Crippen molar-refractivity contribution in [2.75, 3.05) is 19.7 Å². The summed E-state index contributed by atoms with van der Waals surface area (Å²) in [6.07, 6.45) is -0.476. The lowest BCUT2D eigenvalue weighted by Gasteiger charge is -2.33. The molecule has 0 unspecified atom stereocenters. The third-order valence-corrected chi connectivity index (χ3v) is 11.4. The minimum Gasteiger partial charge on any atom is -0.481 e. The van der Waals surface area contributed by atoms with Crippen LogP contribution in [0.2, 0.25) is 0 Å². The quantitative estimate of drug-likeness (QED) is 0.0305. The summed E-state index contributed by atoms with van der Waals surface area (Å²) < 4.78 is 0. The number of carboxylic acids is 2. The Balaban J connectivity index is 3.27. The summed E-state index contributed by atoms with van der Waals surface area (Å²) in [6, 6.07) is -11.8. The van der Waals surface area contributed by atoms with E-state index in [0.717, 1.165) is 0 Å². The number of amides is 9. The number of aliphatic hydroxyl groups excluding tert-OH is 1. The average molecular weight is 956 g/mol. The second-order valence-corrected chi connectivity index (χ2v) is 17.4. The van der Waals surface area contributed by atoms with Crippen molar-refractivity contribution in [3.05, 3.63) is 0 Å². The van der Waals surface area contributed by atoms with Gasteiger partial charge in [0.05, 0.1) is 12.6 Å². The minimum absolute atomic E-state index is 0.0788. The Bertz CT molecular complexity index is 1770. The van der Waals surface area contributed by atoms with Crippen LogP contribution in [0, 0.1) is 17.8 Å². The maximum atomic E-state index is 14.0. The molecule has 0 aromatic carbocycles. The summed E-state index contributed by atoms with van der Waals surface area (Å²) in [5.41, 5.74) is 16.7. The summed E-state index contributed by atoms with van der Waals surface area (Å²) in [5, 5.41) is 45.4. The van der Waals surface area contributed by atoms with Crippen LogP contribution in [0.5, 0.6) is 0 Å². The zero-order valence-electron chi connectivity index (χ0n) is 39.4. The molecule has 1 aliphatic heterocycles. The van der Waals surface area contributed by atoms with Crippen LogP contribution in [-0.2, 0) is 52.7 Å². The maximum Gasteiger partial charge on any atom is 0.326 e. The summed E-state index contributed by atoms with van der Waals surface area (Å²) in [4.78, 5) is 144. The smallest absolute Gasteiger partial charge is 0.326 e. The molecule has 9 amide bonds. The highest BCUT2D eigenvalue weighted by atomic mass is 16.4. The first-order valence-corrected chi connectivity index (χ1v) is 22.5. The van der Waals surface area contributed by atoms with Crippen LogP contribution in [0.15, 0.2) is 0 Å². The van der Waals surface area contributed by atoms with Crippen molar-refractivity contribution >= 4 is 65.1 Å².